The molecule has 0 N–H and O–H groups in total. The van der Waals surface area contributed by atoms with Gasteiger partial charge in [-0.3, -0.25) is 10.1 Å². The largest absolute Gasteiger partial charge is 0.378 e. The van der Waals surface area contributed by atoms with Gasteiger partial charge in [0, 0.05) is 25.2 Å². The van der Waals surface area contributed by atoms with Crippen molar-refractivity contribution in [3.8, 4) is 0 Å². The number of thiocarbonyl (C=S) groups is 1. The second-order valence-corrected chi connectivity index (χ2v) is 4.17. The number of benzene rings is 1. The van der Waals surface area contributed by atoms with Crippen molar-refractivity contribution in [3.63, 3.8) is 0 Å². The van der Waals surface area contributed by atoms with Crippen molar-refractivity contribution in [3.05, 3.63) is 34.4 Å². The van der Waals surface area contributed by atoms with Crippen molar-refractivity contribution in [1.82, 2.24) is 4.90 Å². The number of ether oxygens (including phenoxy) is 1. The summed E-state index contributed by atoms with van der Waals surface area (Å²) in [5.74, 6) is 0.442. The SMILES string of the molecule is O=[N+]([O-])c1ccc(N=C(N=C=S)N2CCOCC2)cc1. The smallest absolute Gasteiger partial charge is 0.269 e. The number of guanidine groups is 1. The van der Waals surface area contributed by atoms with Gasteiger partial charge in [-0.25, -0.2) is 4.99 Å². The number of rotatable bonds is 2. The first-order valence-corrected chi connectivity index (χ1v) is 6.35. The van der Waals surface area contributed by atoms with Gasteiger partial charge in [-0.05, 0) is 24.4 Å². The molecule has 2 rings (SSSR count). The summed E-state index contributed by atoms with van der Waals surface area (Å²) in [6, 6.07) is 5.93. The van der Waals surface area contributed by atoms with E-state index >= 15 is 0 Å². The van der Waals surface area contributed by atoms with E-state index in [2.05, 4.69) is 27.4 Å². The molecular weight excluding hydrogens is 280 g/mol. The molecule has 0 saturated carbocycles. The first-order valence-electron chi connectivity index (χ1n) is 5.94. The Morgan fingerprint density at radius 2 is 2.00 bits per heavy atom. The highest BCUT2D eigenvalue weighted by atomic mass is 32.1. The topological polar surface area (TPSA) is 80.3 Å². The number of nitro groups is 1. The molecule has 0 aliphatic carbocycles. The first-order chi connectivity index (χ1) is 9.70. The monoisotopic (exact) mass is 292 g/mol. The molecule has 7 nitrogen and oxygen atoms in total. The standard InChI is InChI=1S/C12H12N4O3S/c17-16(18)11-3-1-10(2-4-11)14-12(13-9-20)15-5-7-19-8-6-15/h1-4H,5-8H2. The Bertz CT molecular complexity index is 561. The Morgan fingerprint density at radius 1 is 1.35 bits per heavy atom. The maximum absolute atomic E-state index is 10.6. The molecular formula is C12H12N4O3S. The third-order valence-corrected chi connectivity index (χ3v) is 2.82. The van der Waals surface area contributed by atoms with Crippen LogP contribution in [0.25, 0.3) is 0 Å². The van der Waals surface area contributed by atoms with Gasteiger partial charge < -0.3 is 9.64 Å². The van der Waals surface area contributed by atoms with Crippen LogP contribution in [0.5, 0.6) is 0 Å². The number of isothiocyanates is 1. The van der Waals surface area contributed by atoms with Gasteiger partial charge in [0.25, 0.3) is 5.69 Å². The third kappa shape index (κ3) is 3.67. The molecule has 0 atom stereocenters. The molecule has 1 aliphatic heterocycles. The molecule has 0 unspecified atom stereocenters. The summed E-state index contributed by atoms with van der Waals surface area (Å²) in [7, 11) is 0. The number of hydrogen-bond acceptors (Lipinski definition) is 5. The molecule has 0 amide bonds. The number of nitrogens with zero attached hydrogens (tertiary/aromatic N) is 4. The minimum Gasteiger partial charge on any atom is -0.378 e. The van der Waals surface area contributed by atoms with Crippen LogP contribution in [0.15, 0.2) is 34.3 Å². The van der Waals surface area contributed by atoms with E-state index < -0.39 is 4.92 Å². The molecule has 1 saturated heterocycles. The van der Waals surface area contributed by atoms with E-state index in [4.69, 9.17) is 4.74 Å². The Morgan fingerprint density at radius 3 is 2.55 bits per heavy atom. The van der Waals surface area contributed by atoms with Crippen LogP contribution < -0.4 is 0 Å². The zero-order chi connectivity index (χ0) is 14.4. The molecule has 1 aromatic rings. The van der Waals surface area contributed by atoms with Crippen LogP contribution in [-0.4, -0.2) is 47.2 Å². The highest BCUT2D eigenvalue weighted by Crippen LogP contribution is 2.18. The second kappa shape index (κ2) is 6.85. The molecule has 1 heterocycles. The van der Waals surface area contributed by atoms with Gasteiger partial charge in [0.2, 0.25) is 5.96 Å². The number of non-ortho nitro benzene ring substituents is 1. The van der Waals surface area contributed by atoms with E-state index in [9.17, 15) is 10.1 Å². The van der Waals surface area contributed by atoms with Gasteiger partial charge in [0.1, 0.15) is 0 Å². The van der Waals surface area contributed by atoms with Crippen LogP contribution in [0.4, 0.5) is 11.4 Å². The molecule has 0 spiro atoms. The van der Waals surface area contributed by atoms with Crippen LogP contribution in [0, 0.1) is 10.1 Å². The van der Waals surface area contributed by atoms with Crippen LogP contribution in [0.1, 0.15) is 0 Å². The Labute approximate surface area is 120 Å². The third-order valence-electron chi connectivity index (χ3n) is 2.73. The van der Waals surface area contributed by atoms with Crippen molar-refractivity contribution >= 4 is 34.7 Å². The van der Waals surface area contributed by atoms with E-state index in [-0.39, 0.29) is 5.69 Å². The quantitative estimate of drug-likeness (QED) is 0.274. The fraction of sp³-hybridized carbons (Fsp3) is 0.333. The second-order valence-electron chi connectivity index (χ2n) is 3.99. The minimum atomic E-state index is -0.453. The highest BCUT2D eigenvalue weighted by molar-refractivity contribution is 7.78. The summed E-state index contributed by atoms with van der Waals surface area (Å²) < 4.78 is 5.26. The van der Waals surface area contributed by atoms with E-state index in [0.717, 1.165) is 0 Å². The van der Waals surface area contributed by atoms with E-state index in [0.29, 0.717) is 38.0 Å². The zero-order valence-corrected chi connectivity index (χ0v) is 11.4. The van der Waals surface area contributed by atoms with Gasteiger partial charge in [-0.1, -0.05) is 0 Å². The highest BCUT2D eigenvalue weighted by Gasteiger charge is 2.14. The van der Waals surface area contributed by atoms with Gasteiger partial charge >= 0.3 is 0 Å². The number of aliphatic imine (C=N–C) groups is 2. The summed E-state index contributed by atoms with van der Waals surface area (Å²) in [6.45, 7) is 2.55. The summed E-state index contributed by atoms with van der Waals surface area (Å²) >= 11 is 4.62. The fourth-order valence-electron chi connectivity index (χ4n) is 1.73. The minimum absolute atomic E-state index is 0.0233. The normalized spacial score (nSPS) is 15.6. The average Bonchev–Trinajstić information content (AvgIpc) is 2.48. The molecule has 8 heteroatoms. The lowest BCUT2D eigenvalue weighted by Gasteiger charge is -2.27. The van der Waals surface area contributed by atoms with E-state index in [1.54, 1.807) is 12.1 Å². The van der Waals surface area contributed by atoms with Gasteiger partial charge in [-0.2, -0.15) is 4.99 Å². The van der Waals surface area contributed by atoms with Crippen molar-refractivity contribution < 1.29 is 9.66 Å². The van der Waals surface area contributed by atoms with Crippen LogP contribution >= 0.6 is 12.2 Å². The fourth-order valence-corrected chi connectivity index (χ4v) is 1.82. The molecule has 0 bridgehead atoms. The lowest BCUT2D eigenvalue weighted by molar-refractivity contribution is -0.384. The van der Waals surface area contributed by atoms with Gasteiger partial charge in [0.15, 0.2) is 0 Å². The predicted octanol–water partition coefficient (Wildman–Crippen LogP) is 2.02. The van der Waals surface area contributed by atoms with Crippen molar-refractivity contribution in [2.24, 2.45) is 9.98 Å². The molecule has 1 aromatic carbocycles. The summed E-state index contributed by atoms with van der Waals surface area (Å²) in [5, 5.41) is 12.9. The van der Waals surface area contributed by atoms with Crippen molar-refractivity contribution in [2.45, 2.75) is 0 Å². The van der Waals surface area contributed by atoms with Crippen LogP contribution in [0.2, 0.25) is 0 Å². The lowest BCUT2D eigenvalue weighted by Crippen LogP contribution is -2.39. The van der Waals surface area contributed by atoms with E-state index in [1.165, 1.54) is 12.1 Å². The van der Waals surface area contributed by atoms with Crippen molar-refractivity contribution in [2.75, 3.05) is 26.3 Å². The number of morpholine rings is 1. The Kier molecular flexibility index (Phi) is 4.89. The summed E-state index contributed by atoms with van der Waals surface area (Å²) in [4.78, 5) is 20.4. The van der Waals surface area contributed by atoms with Gasteiger partial charge in [-0.15, -0.1) is 0 Å². The van der Waals surface area contributed by atoms with Gasteiger partial charge in [0.05, 0.1) is 29.0 Å². The number of hydrogen-bond donors (Lipinski definition) is 0. The average molecular weight is 292 g/mol. The van der Waals surface area contributed by atoms with Crippen LogP contribution in [0.3, 0.4) is 0 Å². The lowest BCUT2D eigenvalue weighted by atomic mass is 10.3. The first kappa shape index (κ1) is 14.3. The Hall–Kier alpha value is -2.15. The van der Waals surface area contributed by atoms with Crippen LogP contribution in [-0.2, 0) is 4.74 Å². The molecule has 0 aromatic heterocycles. The molecule has 0 radical (unpaired) electrons. The molecule has 104 valence electrons. The maximum Gasteiger partial charge on any atom is 0.269 e. The number of nitro benzene ring substituents is 1. The Balaban J connectivity index is 2.23. The zero-order valence-electron chi connectivity index (χ0n) is 10.6. The molecule has 1 fully saturated rings. The van der Waals surface area contributed by atoms with Crippen molar-refractivity contribution in [1.29, 1.82) is 0 Å². The van der Waals surface area contributed by atoms with E-state index in [1.807, 2.05) is 4.90 Å². The molecule has 20 heavy (non-hydrogen) atoms. The predicted molar refractivity (Wildman–Crippen MR) is 77.6 cm³/mol. The summed E-state index contributed by atoms with van der Waals surface area (Å²) in [6.07, 6.45) is 0. The molecule has 1 aliphatic rings. The summed E-state index contributed by atoms with van der Waals surface area (Å²) in [5.41, 5.74) is 0.598. The maximum atomic E-state index is 10.6.